The summed E-state index contributed by atoms with van der Waals surface area (Å²) in [6, 6.07) is 8.62. The Morgan fingerprint density at radius 3 is 2.24 bits per heavy atom. The predicted molar refractivity (Wildman–Crippen MR) is 101 cm³/mol. The highest BCUT2D eigenvalue weighted by atomic mass is 16.5. The van der Waals surface area contributed by atoms with Crippen LogP contribution >= 0.6 is 0 Å². The number of benzene rings is 1. The van der Waals surface area contributed by atoms with Crippen LogP contribution in [-0.4, -0.2) is 18.4 Å². The third kappa shape index (κ3) is 5.98. The maximum Gasteiger partial charge on any atom is 0.374 e. The van der Waals surface area contributed by atoms with E-state index in [1.165, 1.54) is 17.5 Å². The van der Waals surface area contributed by atoms with Gasteiger partial charge in [0.15, 0.2) is 0 Å². The SMILES string of the molecule is C[C@H](COC(=O)C(=O)C1CCCCC1)Cc1ccc(C(C)(C)C)cc1. The Morgan fingerprint density at radius 2 is 1.68 bits per heavy atom. The molecule has 2 rings (SSSR count). The Labute approximate surface area is 152 Å². The van der Waals surface area contributed by atoms with Crippen molar-refractivity contribution in [1.29, 1.82) is 0 Å². The monoisotopic (exact) mass is 344 g/mol. The van der Waals surface area contributed by atoms with Crippen molar-refractivity contribution in [2.45, 2.75) is 71.6 Å². The second-order valence-corrected chi connectivity index (χ2v) is 8.55. The highest BCUT2D eigenvalue weighted by Crippen LogP contribution is 2.25. The molecule has 1 fully saturated rings. The molecular weight excluding hydrogens is 312 g/mol. The lowest BCUT2D eigenvalue weighted by Crippen LogP contribution is -2.28. The van der Waals surface area contributed by atoms with E-state index in [9.17, 15) is 9.59 Å². The zero-order valence-corrected chi connectivity index (χ0v) is 16.1. The number of esters is 1. The van der Waals surface area contributed by atoms with E-state index in [2.05, 4.69) is 52.0 Å². The molecule has 0 spiro atoms. The fourth-order valence-electron chi connectivity index (χ4n) is 3.42. The summed E-state index contributed by atoms with van der Waals surface area (Å²) in [5.74, 6) is -0.867. The van der Waals surface area contributed by atoms with Crippen molar-refractivity contribution >= 4 is 11.8 Å². The molecule has 25 heavy (non-hydrogen) atoms. The Balaban J connectivity index is 1.78. The molecule has 0 aliphatic heterocycles. The molecular formula is C22H32O3. The Morgan fingerprint density at radius 1 is 1.08 bits per heavy atom. The van der Waals surface area contributed by atoms with Gasteiger partial charge in [-0.1, -0.05) is 71.2 Å². The molecule has 1 aromatic carbocycles. The Hall–Kier alpha value is -1.64. The number of hydrogen-bond acceptors (Lipinski definition) is 3. The average Bonchev–Trinajstić information content (AvgIpc) is 2.59. The molecule has 0 aromatic heterocycles. The predicted octanol–water partition coefficient (Wildman–Crippen LogP) is 4.86. The van der Waals surface area contributed by atoms with Crippen LogP contribution in [0, 0.1) is 11.8 Å². The Bertz CT molecular complexity index is 574. The zero-order valence-electron chi connectivity index (χ0n) is 16.1. The van der Waals surface area contributed by atoms with Crippen molar-refractivity contribution in [3.05, 3.63) is 35.4 Å². The first-order valence-corrected chi connectivity index (χ1v) is 9.57. The quantitative estimate of drug-likeness (QED) is 0.547. The maximum atomic E-state index is 12.1. The van der Waals surface area contributed by atoms with E-state index >= 15 is 0 Å². The van der Waals surface area contributed by atoms with Crippen molar-refractivity contribution in [3.63, 3.8) is 0 Å². The minimum atomic E-state index is -0.637. The molecule has 0 N–H and O–H groups in total. The molecule has 0 bridgehead atoms. The lowest BCUT2D eigenvalue weighted by molar-refractivity contribution is -0.157. The minimum Gasteiger partial charge on any atom is -0.460 e. The highest BCUT2D eigenvalue weighted by molar-refractivity contribution is 6.34. The van der Waals surface area contributed by atoms with E-state index in [1.807, 2.05) is 0 Å². The first-order chi connectivity index (χ1) is 11.8. The van der Waals surface area contributed by atoms with Gasteiger partial charge in [0.25, 0.3) is 0 Å². The molecule has 0 heterocycles. The summed E-state index contributed by atoms with van der Waals surface area (Å²) in [6.45, 7) is 8.96. The van der Waals surface area contributed by atoms with Crippen molar-refractivity contribution in [1.82, 2.24) is 0 Å². The van der Waals surface area contributed by atoms with Crippen LogP contribution in [0.15, 0.2) is 24.3 Å². The van der Waals surface area contributed by atoms with E-state index in [-0.39, 0.29) is 23.0 Å². The van der Waals surface area contributed by atoms with Crippen LogP contribution in [0.5, 0.6) is 0 Å². The van der Waals surface area contributed by atoms with Gasteiger partial charge in [0.05, 0.1) is 6.61 Å². The molecule has 1 aliphatic carbocycles. The smallest absolute Gasteiger partial charge is 0.374 e. The molecule has 3 heteroatoms. The van der Waals surface area contributed by atoms with E-state index in [1.54, 1.807) is 0 Å². The molecule has 0 radical (unpaired) electrons. The summed E-state index contributed by atoms with van der Waals surface area (Å²) < 4.78 is 5.28. The molecule has 1 aliphatic rings. The molecule has 1 saturated carbocycles. The first-order valence-electron chi connectivity index (χ1n) is 9.57. The fraction of sp³-hybridized carbons (Fsp3) is 0.636. The Kier molecular flexibility index (Phi) is 6.80. The van der Waals surface area contributed by atoms with Gasteiger partial charge in [0, 0.05) is 5.92 Å². The summed E-state index contributed by atoms with van der Waals surface area (Å²) in [6.07, 6.45) is 5.78. The van der Waals surface area contributed by atoms with Gasteiger partial charge in [-0.3, -0.25) is 4.79 Å². The van der Waals surface area contributed by atoms with E-state index in [0.717, 1.165) is 32.1 Å². The molecule has 1 atom stereocenters. The van der Waals surface area contributed by atoms with E-state index in [0.29, 0.717) is 6.61 Å². The normalized spacial score (nSPS) is 17.1. The second kappa shape index (κ2) is 8.64. The number of carbonyl (C=O) groups is 2. The van der Waals surface area contributed by atoms with Gasteiger partial charge in [-0.25, -0.2) is 4.79 Å². The van der Waals surface area contributed by atoms with Gasteiger partial charge >= 0.3 is 5.97 Å². The van der Waals surface area contributed by atoms with Gasteiger partial charge in [-0.05, 0) is 41.7 Å². The highest BCUT2D eigenvalue weighted by Gasteiger charge is 2.28. The summed E-state index contributed by atoms with van der Waals surface area (Å²) in [7, 11) is 0. The number of Topliss-reactive ketones (excluding diaryl/α,β-unsaturated/α-hetero) is 1. The third-order valence-electron chi connectivity index (χ3n) is 5.08. The second-order valence-electron chi connectivity index (χ2n) is 8.55. The number of rotatable bonds is 6. The molecule has 3 nitrogen and oxygen atoms in total. The standard InChI is InChI=1S/C22H32O3/c1-16(14-17-10-12-19(13-11-17)22(2,3)4)15-25-21(24)20(23)18-8-6-5-7-9-18/h10-13,16,18H,5-9,14-15H2,1-4H3/t16-/m0/s1. The van der Waals surface area contributed by atoms with Crippen molar-refractivity contribution in [2.75, 3.05) is 6.61 Å². The molecule has 0 saturated heterocycles. The maximum absolute atomic E-state index is 12.1. The topological polar surface area (TPSA) is 43.4 Å². The minimum absolute atomic E-state index is 0.110. The summed E-state index contributed by atoms with van der Waals surface area (Å²) in [5, 5.41) is 0. The van der Waals surface area contributed by atoms with E-state index < -0.39 is 5.97 Å². The summed E-state index contributed by atoms with van der Waals surface area (Å²) in [5.41, 5.74) is 2.70. The molecule has 0 unspecified atom stereocenters. The van der Waals surface area contributed by atoms with Gasteiger partial charge < -0.3 is 4.74 Å². The van der Waals surface area contributed by atoms with Crippen LogP contribution in [0.4, 0.5) is 0 Å². The van der Waals surface area contributed by atoms with Gasteiger partial charge in [0.1, 0.15) is 0 Å². The van der Waals surface area contributed by atoms with Gasteiger partial charge in [0.2, 0.25) is 5.78 Å². The number of carbonyl (C=O) groups excluding carboxylic acids is 2. The molecule has 138 valence electrons. The average molecular weight is 344 g/mol. The fourth-order valence-corrected chi connectivity index (χ4v) is 3.42. The van der Waals surface area contributed by atoms with Crippen LogP contribution < -0.4 is 0 Å². The van der Waals surface area contributed by atoms with Crippen LogP contribution in [0.25, 0.3) is 0 Å². The largest absolute Gasteiger partial charge is 0.460 e. The third-order valence-corrected chi connectivity index (χ3v) is 5.08. The van der Waals surface area contributed by atoms with Crippen molar-refractivity contribution in [3.8, 4) is 0 Å². The number of ketones is 1. The van der Waals surface area contributed by atoms with Crippen LogP contribution in [0.2, 0.25) is 0 Å². The van der Waals surface area contributed by atoms with Crippen LogP contribution in [0.1, 0.15) is 70.9 Å². The lowest BCUT2D eigenvalue weighted by atomic mass is 9.86. The van der Waals surface area contributed by atoms with Gasteiger partial charge in [-0.15, -0.1) is 0 Å². The summed E-state index contributed by atoms with van der Waals surface area (Å²) in [4.78, 5) is 24.1. The lowest BCUT2D eigenvalue weighted by Gasteiger charge is -2.20. The molecule has 0 amide bonds. The van der Waals surface area contributed by atoms with Gasteiger partial charge in [-0.2, -0.15) is 0 Å². The van der Waals surface area contributed by atoms with Crippen LogP contribution in [-0.2, 0) is 26.2 Å². The number of ether oxygens (including phenoxy) is 1. The first kappa shape index (κ1) is 19.7. The van der Waals surface area contributed by atoms with Crippen molar-refractivity contribution < 1.29 is 14.3 Å². The summed E-state index contributed by atoms with van der Waals surface area (Å²) >= 11 is 0. The molecule has 1 aromatic rings. The number of hydrogen-bond donors (Lipinski definition) is 0. The van der Waals surface area contributed by atoms with Crippen LogP contribution in [0.3, 0.4) is 0 Å². The zero-order chi connectivity index (χ0) is 18.4. The van der Waals surface area contributed by atoms with Crippen molar-refractivity contribution in [2.24, 2.45) is 11.8 Å². The van der Waals surface area contributed by atoms with E-state index in [4.69, 9.17) is 4.74 Å².